The molecule has 0 amide bonds. The largest absolute Gasteiger partial charge is 0.466 e. The molecule has 0 saturated carbocycles. The van der Waals surface area contributed by atoms with Crippen molar-refractivity contribution in [3.05, 3.63) is 11.6 Å². The summed E-state index contributed by atoms with van der Waals surface area (Å²) in [7, 11) is 1.39. The fourth-order valence-corrected chi connectivity index (χ4v) is 1.24. The van der Waals surface area contributed by atoms with Crippen LogP contribution in [0.1, 0.15) is 19.3 Å². The molecule has 3 heteroatoms. The molecule has 0 aromatic rings. The van der Waals surface area contributed by atoms with Gasteiger partial charge >= 0.3 is 5.97 Å². The molecular weight excluding hydrogens is 142 g/mol. The molecule has 0 spiro atoms. The number of allylic oxidation sites excluding steroid dienone is 1. The van der Waals surface area contributed by atoms with E-state index < -0.39 is 0 Å². The third-order valence-electron chi connectivity index (χ3n) is 1.86. The van der Waals surface area contributed by atoms with Gasteiger partial charge in [0.2, 0.25) is 0 Å². The number of methoxy groups -OCH3 is 1. The summed E-state index contributed by atoms with van der Waals surface area (Å²) in [5.41, 5.74) is 6.40. The van der Waals surface area contributed by atoms with Gasteiger partial charge in [-0.2, -0.15) is 0 Å². The predicted octanol–water partition coefficient (Wildman–Crippen LogP) is 0.597. The van der Waals surface area contributed by atoms with Crippen LogP contribution in [-0.2, 0) is 9.53 Å². The van der Waals surface area contributed by atoms with Gasteiger partial charge in [-0.15, -0.1) is 0 Å². The predicted molar refractivity (Wildman–Crippen MR) is 41.9 cm³/mol. The summed E-state index contributed by atoms with van der Waals surface area (Å²) < 4.78 is 4.58. The molecule has 3 nitrogen and oxygen atoms in total. The minimum Gasteiger partial charge on any atom is -0.466 e. The fourth-order valence-electron chi connectivity index (χ4n) is 1.24. The Bertz CT molecular complexity index is 187. The molecule has 1 aliphatic carbocycles. The number of ether oxygens (including phenoxy) is 1. The van der Waals surface area contributed by atoms with Gasteiger partial charge in [0.15, 0.2) is 0 Å². The Balaban J connectivity index is 2.57. The van der Waals surface area contributed by atoms with Crippen molar-refractivity contribution in [2.45, 2.75) is 25.3 Å². The second kappa shape index (κ2) is 3.53. The second-order valence-corrected chi connectivity index (χ2v) is 2.76. The Morgan fingerprint density at radius 2 is 2.55 bits per heavy atom. The van der Waals surface area contributed by atoms with Crippen LogP contribution in [0.3, 0.4) is 0 Å². The zero-order valence-corrected chi connectivity index (χ0v) is 6.67. The summed E-state index contributed by atoms with van der Waals surface area (Å²) in [5.74, 6) is -0.236. The molecule has 0 saturated heterocycles. The number of carbonyl (C=O) groups excluding carboxylic acids is 1. The summed E-state index contributed by atoms with van der Waals surface area (Å²) in [6.07, 6.45) is 4.44. The van der Waals surface area contributed by atoms with Crippen molar-refractivity contribution in [2.75, 3.05) is 7.11 Å². The molecule has 1 atom stereocenters. The van der Waals surface area contributed by atoms with Gasteiger partial charge in [0.05, 0.1) is 7.11 Å². The first-order chi connectivity index (χ1) is 5.24. The average Bonchev–Trinajstić information content (AvgIpc) is 2.03. The van der Waals surface area contributed by atoms with E-state index in [0.29, 0.717) is 6.42 Å². The van der Waals surface area contributed by atoms with Crippen LogP contribution in [0.25, 0.3) is 0 Å². The lowest BCUT2D eigenvalue weighted by atomic mass is 9.96. The van der Waals surface area contributed by atoms with Gasteiger partial charge in [-0.05, 0) is 19.3 Å². The Kier molecular flexibility index (Phi) is 2.65. The first kappa shape index (κ1) is 8.27. The molecule has 0 heterocycles. The highest BCUT2D eigenvalue weighted by atomic mass is 16.5. The molecule has 1 rings (SSSR count). The van der Waals surface area contributed by atoms with Gasteiger partial charge in [-0.1, -0.05) is 6.08 Å². The summed E-state index contributed by atoms with van der Waals surface area (Å²) in [6.45, 7) is 0. The molecule has 62 valence electrons. The molecule has 0 fully saturated rings. The van der Waals surface area contributed by atoms with Crippen LogP contribution in [0.5, 0.6) is 0 Å². The topological polar surface area (TPSA) is 52.3 Å². The number of carbonyl (C=O) groups is 1. The van der Waals surface area contributed by atoms with E-state index in [2.05, 4.69) is 4.74 Å². The lowest BCUT2D eigenvalue weighted by Crippen LogP contribution is -2.25. The summed E-state index contributed by atoms with van der Waals surface area (Å²) in [6, 6.07) is 0.133. The van der Waals surface area contributed by atoms with Crippen molar-refractivity contribution >= 4 is 5.97 Å². The van der Waals surface area contributed by atoms with Gasteiger partial charge in [0.25, 0.3) is 0 Å². The highest BCUT2D eigenvalue weighted by Gasteiger charge is 2.17. The van der Waals surface area contributed by atoms with Crippen LogP contribution in [0.4, 0.5) is 0 Å². The average molecular weight is 155 g/mol. The van der Waals surface area contributed by atoms with Crippen LogP contribution in [0, 0.1) is 0 Å². The molecular formula is C8H13NO2. The monoisotopic (exact) mass is 155 g/mol. The van der Waals surface area contributed by atoms with E-state index in [9.17, 15) is 4.79 Å². The maximum absolute atomic E-state index is 11.0. The standard InChI is InChI=1S/C8H13NO2/c1-11-8(10)6-3-2-4-7(9)5-6/h3,7H,2,4-5,9H2,1H3. The lowest BCUT2D eigenvalue weighted by molar-refractivity contribution is -0.136. The van der Waals surface area contributed by atoms with Crippen LogP contribution in [0.2, 0.25) is 0 Å². The highest BCUT2D eigenvalue weighted by Crippen LogP contribution is 2.17. The zero-order chi connectivity index (χ0) is 8.27. The van der Waals surface area contributed by atoms with Crippen LogP contribution in [0.15, 0.2) is 11.6 Å². The van der Waals surface area contributed by atoms with Crippen molar-refractivity contribution in [3.63, 3.8) is 0 Å². The Labute approximate surface area is 66.2 Å². The quantitative estimate of drug-likeness (QED) is 0.564. The Morgan fingerprint density at radius 1 is 1.82 bits per heavy atom. The number of esters is 1. The maximum Gasteiger partial charge on any atom is 0.333 e. The SMILES string of the molecule is COC(=O)C1=CCCC(N)C1. The van der Waals surface area contributed by atoms with Gasteiger partial charge in [-0.25, -0.2) is 4.79 Å². The fraction of sp³-hybridized carbons (Fsp3) is 0.625. The second-order valence-electron chi connectivity index (χ2n) is 2.76. The molecule has 1 aliphatic rings. The first-order valence-electron chi connectivity index (χ1n) is 3.77. The molecule has 2 N–H and O–H groups in total. The van der Waals surface area contributed by atoms with Crippen LogP contribution < -0.4 is 5.73 Å². The number of rotatable bonds is 1. The number of hydrogen-bond acceptors (Lipinski definition) is 3. The molecule has 0 aliphatic heterocycles. The molecule has 11 heavy (non-hydrogen) atoms. The van der Waals surface area contributed by atoms with Crippen molar-refractivity contribution < 1.29 is 9.53 Å². The van der Waals surface area contributed by atoms with E-state index in [1.165, 1.54) is 7.11 Å². The van der Waals surface area contributed by atoms with Crippen molar-refractivity contribution in [2.24, 2.45) is 5.73 Å². The van der Waals surface area contributed by atoms with Gasteiger partial charge in [0.1, 0.15) is 0 Å². The molecule has 0 radical (unpaired) electrons. The normalized spacial score (nSPS) is 24.2. The lowest BCUT2D eigenvalue weighted by Gasteiger charge is -2.16. The van der Waals surface area contributed by atoms with E-state index >= 15 is 0 Å². The molecule has 0 aromatic heterocycles. The van der Waals surface area contributed by atoms with E-state index in [1.807, 2.05) is 6.08 Å². The summed E-state index contributed by atoms with van der Waals surface area (Å²) >= 11 is 0. The maximum atomic E-state index is 11.0. The van der Waals surface area contributed by atoms with E-state index in [0.717, 1.165) is 18.4 Å². The minimum atomic E-state index is -0.236. The molecule has 0 bridgehead atoms. The van der Waals surface area contributed by atoms with E-state index in [-0.39, 0.29) is 12.0 Å². The van der Waals surface area contributed by atoms with Gasteiger partial charge < -0.3 is 10.5 Å². The number of nitrogens with two attached hydrogens (primary N) is 1. The third-order valence-corrected chi connectivity index (χ3v) is 1.86. The van der Waals surface area contributed by atoms with Crippen molar-refractivity contribution in [3.8, 4) is 0 Å². The smallest absolute Gasteiger partial charge is 0.333 e. The zero-order valence-electron chi connectivity index (χ0n) is 6.67. The highest BCUT2D eigenvalue weighted by molar-refractivity contribution is 5.88. The van der Waals surface area contributed by atoms with Gasteiger partial charge in [0, 0.05) is 11.6 Å². The first-order valence-corrected chi connectivity index (χ1v) is 3.77. The molecule has 0 aromatic carbocycles. The third kappa shape index (κ3) is 2.05. The minimum absolute atomic E-state index is 0.133. The van der Waals surface area contributed by atoms with Crippen LogP contribution in [-0.4, -0.2) is 19.1 Å². The Hall–Kier alpha value is -0.830. The summed E-state index contributed by atoms with van der Waals surface area (Å²) in [4.78, 5) is 11.0. The van der Waals surface area contributed by atoms with Crippen molar-refractivity contribution in [1.29, 1.82) is 0 Å². The Morgan fingerprint density at radius 3 is 3.09 bits per heavy atom. The van der Waals surface area contributed by atoms with Crippen LogP contribution >= 0.6 is 0 Å². The van der Waals surface area contributed by atoms with E-state index in [4.69, 9.17) is 5.73 Å². The van der Waals surface area contributed by atoms with E-state index in [1.54, 1.807) is 0 Å². The van der Waals surface area contributed by atoms with Crippen molar-refractivity contribution in [1.82, 2.24) is 0 Å². The van der Waals surface area contributed by atoms with Gasteiger partial charge in [-0.3, -0.25) is 0 Å². The summed E-state index contributed by atoms with van der Waals surface area (Å²) in [5, 5.41) is 0. The molecule has 1 unspecified atom stereocenters. The number of hydrogen-bond donors (Lipinski definition) is 1.